The van der Waals surface area contributed by atoms with Crippen LogP contribution in [0.4, 0.5) is 0 Å². The Hall–Kier alpha value is -0.610. The van der Waals surface area contributed by atoms with E-state index in [4.69, 9.17) is 10.5 Å². The zero-order chi connectivity index (χ0) is 7.90. The molecule has 2 saturated heterocycles. The molecule has 4 nitrogen and oxygen atoms in total. The van der Waals surface area contributed by atoms with Gasteiger partial charge in [-0.3, -0.25) is 9.69 Å². The molecule has 2 aliphatic rings. The zero-order valence-corrected chi connectivity index (χ0v) is 6.38. The maximum absolute atomic E-state index is 10.5. The zero-order valence-electron chi connectivity index (χ0n) is 6.38. The summed E-state index contributed by atoms with van der Waals surface area (Å²) in [6.07, 6.45) is 0. The second-order valence-electron chi connectivity index (χ2n) is 3.60. The molecule has 2 fully saturated rings. The summed E-state index contributed by atoms with van der Waals surface area (Å²) >= 11 is 0. The maximum Gasteiger partial charge on any atom is 0.231 e. The van der Waals surface area contributed by atoms with Crippen molar-refractivity contribution in [2.45, 2.75) is 0 Å². The molecule has 2 heterocycles. The van der Waals surface area contributed by atoms with Crippen molar-refractivity contribution in [1.82, 2.24) is 4.90 Å². The molecule has 1 spiro atoms. The van der Waals surface area contributed by atoms with Gasteiger partial charge >= 0.3 is 0 Å². The van der Waals surface area contributed by atoms with Crippen LogP contribution in [0.15, 0.2) is 0 Å². The molecular weight excluding hydrogens is 144 g/mol. The van der Waals surface area contributed by atoms with E-state index in [1.54, 1.807) is 0 Å². The third-order valence-electron chi connectivity index (χ3n) is 2.31. The number of carbonyl (C=O) groups is 1. The molecule has 2 rings (SSSR count). The molecular formula is C7H12N2O2. The minimum Gasteiger partial charge on any atom is -0.380 e. The summed E-state index contributed by atoms with van der Waals surface area (Å²) in [5, 5.41) is 0. The van der Waals surface area contributed by atoms with E-state index in [1.165, 1.54) is 0 Å². The lowest BCUT2D eigenvalue weighted by molar-refractivity contribution is -0.189. The average molecular weight is 156 g/mol. The van der Waals surface area contributed by atoms with Gasteiger partial charge in [-0.2, -0.15) is 0 Å². The van der Waals surface area contributed by atoms with Gasteiger partial charge in [0.15, 0.2) is 0 Å². The van der Waals surface area contributed by atoms with E-state index in [0.717, 1.165) is 26.3 Å². The van der Waals surface area contributed by atoms with E-state index in [9.17, 15) is 4.79 Å². The predicted molar refractivity (Wildman–Crippen MR) is 38.9 cm³/mol. The normalized spacial score (nSPS) is 27.6. The Bertz CT molecular complexity index is 181. The Morgan fingerprint density at radius 3 is 2.55 bits per heavy atom. The van der Waals surface area contributed by atoms with Crippen molar-refractivity contribution in [1.29, 1.82) is 0 Å². The first kappa shape index (κ1) is 7.06. The molecule has 1 amide bonds. The van der Waals surface area contributed by atoms with E-state index in [2.05, 4.69) is 4.90 Å². The average Bonchev–Trinajstić information content (AvgIpc) is 1.71. The monoisotopic (exact) mass is 156 g/mol. The second-order valence-corrected chi connectivity index (χ2v) is 3.60. The highest BCUT2D eigenvalue weighted by atomic mass is 16.5. The largest absolute Gasteiger partial charge is 0.380 e. The number of hydrogen-bond acceptors (Lipinski definition) is 3. The van der Waals surface area contributed by atoms with Crippen LogP contribution in [0.1, 0.15) is 0 Å². The maximum atomic E-state index is 10.5. The van der Waals surface area contributed by atoms with Crippen molar-refractivity contribution in [3.05, 3.63) is 0 Å². The molecule has 0 bridgehead atoms. The number of likely N-dealkylation sites (tertiary alicyclic amines) is 1. The molecule has 0 aromatic carbocycles. The van der Waals surface area contributed by atoms with Crippen LogP contribution in [0.2, 0.25) is 0 Å². The van der Waals surface area contributed by atoms with Crippen LogP contribution >= 0.6 is 0 Å². The van der Waals surface area contributed by atoms with E-state index >= 15 is 0 Å². The predicted octanol–water partition coefficient (Wildman–Crippen LogP) is -1.20. The number of hydrogen-bond donors (Lipinski definition) is 1. The Balaban J connectivity index is 1.75. The van der Waals surface area contributed by atoms with Crippen molar-refractivity contribution in [3.63, 3.8) is 0 Å². The summed E-state index contributed by atoms with van der Waals surface area (Å²) in [5.41, 5.74) is 5.44. The first-order valence-corrected chi connectivity index (χ1v) is 3.79. The Morgan fingerprint density at radius 2 is 2.18 bits per heavy atom. The van der Waals surface area contributed by atoms with Gasteiger partial charge in [-0.15, -0.1) is 0 Å². The Morgan fingerprint density at radius 1 is 1.55 bits per heavy atom. The van der Waals surface area contributed by atoms with Crippen LogP contribution < -0.4 is 5.73 Å². The number of rotatable bonds is 2. The first-order valence-electron chi connectivity index (χ1n) is 3.79. The molecule has 0 saturated carbocycles. The van der Waals surface area contributed by atoms with Crippen molar-refractivity contribution >= 4 is 5.91 Å². The molecule has 0 aliphatic carbocycles. The lowest BCUT2D eigenvalue weighted by Crippen LogP contribution is -2.66. The summed E-state index contributed by atoms with van der Waals surface area (Å²) in [5.74, 6) is -0.236. The molecule has 0 aromatic rings. The standard InChI is InChI=1S/C7H12N2O2/c8-6(10)1-9-2-7(3-9)4-11-5-7/h1-5H2,(H2,8,10). The highest BCUT2D eigenvalue weighted by Gasteiger charge is 2.48. The van der Waals surface area contributed by atoms with Gasteiger partial charge in [-0.05, 0) is 0 Å². The van der Waals surface area contributed by atoms with Crippen LogP contribution in [-0.2, 0) is 9.53 Å². The molecule has 2 aliphatic heterocycles. The lowest BCUT2D eigenvalue weighted by atomic mass is 9.78. The summed E-state index contributed by atoms with van der Waals surface area (Å²) in [6.45, 7) is 4.10. The fourth-order valence-corrected chi connectivity index (χ4v) is 1.81. The Labute approximate surface area is 65.3 Å². The summed E-state index contributed by atoms with van der Waals surface area (Å²) < 4.78 is 5.09. The van der Waals surface area contributed by atoms with Crippen LogP contribution in [0.5, 0.6) is 0 Å². The highest BCUT2D eigenvalue weighted by molar-refractivity contribution is 5.76. The second kappa shape index (κ2) is 2.19. The molecule has 4 heteroatoms. The van der Waals surface area contributed by atoms with Gasteiger partial charge in [-0.1, -0.05) is 0 Å². The van der Waals surface area contributed by atoms with Gasteiger partial charge < -0.3 is 10.5 Å². The number of ether oxygens (including phenoxy) is 1. The van der Waals surface area contributed by atoms with E-state index in [1.807, 2.05) is 0 Å². The third-order valence-corrected chi connectivity index (χ3v) is 2.31. The highest BCUT2D eigenvalue weighted by Crippen LogP contribution is 2.36. The number of nitrogens with zero attached hydrogens (tertiary/aromatic N) is 1. The van der Waals surface area contributed by atoms with Gasteiger partial charge in [0.05, 0.1) is 19.8 Å². The molecule has 0 aromatic heterocycles. The van der Waals surface area contributed by atoms with Gasteiger partial charge in [0.25, 0.3) is 0 Å². The number of carbonyl (C=O) groups excluding carboxylic acids is 1. The fraction of sp³-hybridized carbons (Fsp3) is 0.857. The van der Waals surface area contributed by atoms with Crippen LogP contribution in [-0.4, -0.2) is 43.7 Å². The van der Waals surface area contributed by atoms with Crippen molar-refractivity contribution in [3.8, 4) is 0 Å². The minimum absolute atomic E-state index is 0.236. The molecule has 0 unspecified atom stereocenters. The number of nitrogens with two attached hydrogens (primary N) is 1. The van der Waals surface area contributed by atoms with Gasteiger partial charge in [-0.25, -0.2) is 0 Å². The van der Waals surface area contributed by atoms with Gasteiger partial charge in [0.1, 0.15) is 0 Å². The number of primary amides is 1. The number of amides is 1. The summed E-state index contributed by atoms with van der Waals surface area (Å²) in [7, 11) is 0. The van der Waals surface area contributed by atoms with Crippen molar-refractivity contribution in [2.75, 3.05) is 32.8 Å². The van der Waals surface area contributed by atoms with Crippen LogP contribution in [0, 0.1) is 5.41 Å². The molecule has 11 heavy (non-hydrogen) atoms. The third kappa shape index (κ3) is 1.12. The van der Waals surface area contributed by atoms with Gasteiger partial charge in [0, 0.05) is 18.5 Å². The smallest absolute Gasteiger partial charge is 0.231 e. The summed E-state index contributed by atoms with van der Waals surface area (Å²) in [6, 6.07) is 0. The molecule has 2 N–H and O–H groups in total. The van der Waals surface area contributed by atoms with E-state index < -0.39 is 0 Å². The SMILES string of the molecule is NC(=O)CN1CC2(COC2)C1. The minimum atomic E-state index is -0.236. The van der Waals surface area contributed by atoms with Gasteiger partial charge in [0.2, 0.25) is 5.91 Å². The molecule has 0 radical (unpaired) electrons. The quantitative estimate of drug-likeness (QED) is 0.546. The van der Waals surface area contributed by atoms with E-state index in [0.29, 0.717) is 12.0 Å². The van der Waals surface area contributed by atoms with Crippen molar-refractivity contribution in [2.24, 2.45) is 11.1 Å². The van der Waals surface area contributed by atoms with Crippen LogP contribution in [0.3, 0.4) is 0 Å². The molecule has 0 atom stereocenters. The van der Waals surface area contributed by atoms with Crippen LogP contribution in [0.25, 0.3) is 0 Å². The Kier molecular flexibility index (Phi) is 1.40. The lowest BCUT2D eigenvalue weighted by Gasteiger charge is -2.54. The topological polar surface area (TPSA) is 55.6 Å². The molecule has 62 valence electrons. The fourth-order valence-electron chi connectivity index (χ4n) is 1.81. The van der Waals surface area contributed by atoms with E-state index in [-0.39, 0.29) is 5.91 Å². The van der Waals surface area contributed by atoms with Crippen molar-refractivity contribution < 1.29 is 9.53 Å². The first-order chi connectivity index (χ1) is 5.20. The summed E-state index contributed by atoms with van der Waals surface area (Å²) in [4.78, 5) is 12.5.